The molecule has 0 bridgehead atoms. The Morgan fingerprint density at radius 3 is 2.66 bits per heavy atom. The van der Waals surface area contributed by atoms with Gasteiger partial charge in [0.25, 0.3) is 0 Å². The van der Waals surface area contributed by atoms with Gasteiger partial charge in [-0.25, -0.2) is 24.1 Å². The molecular formula is C26H23FN6O4S. The van der Waals surface area contributed by atoms with Gasteiger partial charge in [0.1, 0.15) is 17.2 Å². The Kier molecular flexibility index (Phi) is 6.97. The van der Waals surface area contributed by atoms with Gasteiger partial charge in [-0.3, -0.25) is 5.32 Å². The van der Waals surface area contributed by atoms with Crippen LogP contribution in [0.4, 0.5) is 14.9 Å². The zero-order valence-corrected chi connectivity index (χ0v) is 21.7. The zero-order valence-electron chi connectivity index (χ0n) is 20.9. The highest BCUT2D eigenvalue weighted by atomic mass is 32.1. The van der Waals surface area contributed by atoms with Crippen molar-refractivity contribution in [2.45, 2.75) is 33.0 Å². The second kappa shape index (κ2) is 10.5. The fourth-order valence-electron chi connectivity index (χ4n) is 3.72. The van der Waals surface area contributed by atoms with Crippen LogP contribution in [0.25, 0.3) is 31.8 Å². The van der Waals surface area contributed by atoms with Crippen molar-refractivity contribution in [1.29, 1.82) is 0 Å². The van der Waals surface area contributed by atoms with E-state index in [2.05, 4.69) is 30.5 Å². The van der Waals surface area contributed by atoms with E-state index in [9.17, 15) is 9.18 Å². The normalized spacial score (nSPS) is 12.8. The summed E-state index contributed by atoms with van der Waals surface area (Å²) in [6.45, 7) is 5.32. The molecule has 0 spiro atoms. The Hall–Kier alpha value is -4.45. The quantitative estimate of drug-likeness (QED) is 0.286. The molecule has 0 saturated carbocycles. The van der Waals surface area contributed by atoms with E-state index in [0.717, 1.165) is 15.8 Å². The number of rotatable bonds is 7. The number of anilines is 1. The van der Waals surface area contributed by atoms with Gasteiger partial charge in [-0.05, 0) is 44.5 Å². The average Bonchev–Trinajstić information content (AvgIpc) is 3.30. The third-order valence-corrected chi connectivity index (χ3v) is 6.80. The molecule has 3 heterocycles. The molecule has 0 radical (unpaired) electrons. The zero-order chi connectivity index (χ0) is 26.8. The molecular weight excluding hydrogens is 511 g/mol. The number of thiazole rings is 1. The molecule has 0 aliphatic rings. The van der Waals surface area contributed by atoms with Crippen molar-refractivity contribution in [3.63, 3.8) is 0 Å². The minimum Gasteiger partial charge on any atom is -0.484 e. The van der Waals surface area contributed by atoms with E-state index in [0.29, 0.717) is 33.1 Å². The second-order valence-corrected chi connectivity index (χ2v) is 9.58. The number of aromatic nitrogens is 5. The van der Waals surface area contributed by atoms with Gasteiger partial charge >= 0.3 is 6.09 Å². The number of carbonyl (C=O) groups excluding carboxylic acids is 1. The Bertz CT molecular complexity index is 1630. The summed E-state index contributed by atoms with van der Waals surface area (Å²) >= 11 is 1.39. The molecule has 5 aromatic rings. The molecule has 0 aliphatic heterocycles. The summed E-state index contributed by atoms with van der Waals surface area (Å²) < 4.78 is 32.1. The average molecular weight is 535 g/mol. The van der Waals surface area contributed by atoms with E-state index in [4.69, 9.17) is 14.2 Å². The third-order valence-electron chi connectivity index (χ3n) is 5.75. The highest BCUT2D eigenvalue weighted by Gasteiger charge is 2.22. The number of amides is 1. The molecule has 1 N–H and O–H groups in total. The van der Waals surface area contributed by atoms with Gasteiger partial charge in [0.15, 0.2) is 11.6 Å². The first-order chi connectivity index (χ1) is 18.3. The Morgan fingerprint density at radius 1 is 1.05 bits per heavy atom. The largest absolute Gasteiger partial charge is 0.484 e. The van der Waals surface area contributed by atoms with Gasteiger partial charge in [-0.2, -0.15) is 10.2 Å². The number of carbonyl (C=O) groups is 1. The van der Waals surface area contributed by atoms with E-state index >= 15 is 0 Å². The molecule has 0 fully saturated rings. The summed E-state index contributed by atoms with van der Waals surface area (Å²) in [4.78, 5) is 25.8. The van der Waals surface area contributed by atoms with Crippen molar-refractivity contribution in [3.8, 4) is 22.2 Å². The first kappa shape index (κ1) is 25.2. The maximum Gasteiger partial charge on any atom is 0.412 e. The summed E-state index contributed by atoms with van der Waals surface area (Å²) in [6.07, 6.45) is 2.39. The summed E-state index contributed by atoms with van der Waals surface area (Å²) in [5.41, 5.74) is 4.07. The van der Waals surface area contributed by atoms with Crippen LogP contribution in [0.2, 0.25) is 0 Å². The van der Waals surface area contributed by atoms with Gasteiger partial charge < -0.3 is 14.2 Å². The number of nitrogens with zero attached hydrogens (tertiary/aromatic N) is 5. The molecule has 0 unspecified atom stereocenters. The van der Waals surface area contributed by atoms with Gasteiger partial charge in [-0.1, -0.05) is 0 Å². The monoisotopic (exact) mass is 534 g/mol. The van der Waals surface area contributed by atoms with Crippen LogP contribution in [0.5, 0.6) is 11.6 Å². The second-order valence-electron chi connectivity index (χ2n) is 8.55. The first-order valence-corrected chi connectivity index (χ1v) is 12.4. The molecule has 0 aliphatic carbocycles. The molecule has 38 heavy (non-hydrogen) atoms. The summed E-state index contributed by atoms with van der Waals surface area (Å²) in [7, 11) is 1.54. The van der Waals surface area contributed by atoms with Gasteiger partial charge in [0.05, 0.1) is 52.6 Å². The summed E-state index contributed by atoms with van der Waals surface area (Å²) in [5.74, 6) is -0.117. The molecule has 3 aromatic heterocycles. The van der Waals surface area contributed by atoms with Crippen molar-refractivity contribution >= 4 is 44.4 Å². The van der Waals surface area contributed by atoms with E-state index in [1.54, 1.807) is 32.2 Å². The van der Waals surface area contributed by atoms with Crippen molar-refractivity contribution in [2.75, 3.05) is 12.4 Å². The van der Waals surface area contributed by atoms with Gasteiger partial charge in [0, 0.05) is 17.7 Å². The van der Waals surface area contributed by atoms with E-state index < -0.39 is 24.1 Å². The van der Waals surface area contributed by atoms with Crippen molar-refractivity contribution in [2.24, 2.45) is 0 Å². The van der Waals surface area contributed by atoms with Crippen LogP contribution in [-0.2, 0) is 4.74 Å². The SMILES string of the molecule is COc1cnc2c(-c3nc4cc(F)c(O[C@@H](C)[C@@H](C)OC(=O)Nc5ccnnc5)cc4s3)cc(C)cc2n1. The van der Waals surface area contributed by atoms with Crippen LogP contribution in [-0.4, -0.2) is 50.6 Å². The number of ether oxygens (including phenoxy) is 3. The molecule has 1 amide bonds. The lowest BCUT2D eigenvalue weighted by Gasteiger charge is -2.22. The maximum atomic E-state index is 15.0. The summed E-state index contributed by atoms with van der Waals surface area (Å²) in [5, 5.41) is 10.6. The molecule has 2 aromatic carbocycles. The predicted octanol–water partition coefficient (Wildman–Crippen LogP) is 5.56. The van der Waals surface area contributed by atoms with E-state index in [1.165, 1.54) is 36.9 Å². The van der Waals surface area contributed by atoms with Crippen molar-refractivity contribution in [1.82, 2.24) is 25.1 Å². The smallest absolute Gasteiger partial charge is 0.412 e. The lowest BCUT2D eigenvalue weighted by molar-refractivity contribution is 0.0402. The fraction of sp³-hybridized carbons (Fsp3) is 0.231. The number of halogens is 1. The minimum absolute atomic E-state index is 0.0352. The lowest BCUT2D eigenvalue weighted by atomic mass is 10.1. The van der Waals surface area contributed by atoms with E-state index in [-0.39, 0.29) is 5.75 Å². The number of hydrogen-bond donors (Lipinski definition) is 1. The highest BCUT2D eigenvalue weighted by Crippen LogP contribution is 2.37. The van der Waals surface area contributed by atoms with Crippen LogP contribution in [0.15, 0.2) is 48.9 Å². The van der Waals surface area contributed by atoms with E-state index in [1.807, 2.05) is 19.1 Å². The Morgan fingerprint density at radius 2 is 1.89 bits per heavy atom. The molecule has 0 saturated heterocycles. The number of fused-ring (bicyclic) bond motifs is 2. The molecule has 194 valence electrons. The number of hydrogen-bond acceptors (Lipinski definition) is 10. The van der Waals surface area contributed by atoms with Crippen molar-refractivity contribution in [3.05, 3.63) is 60.3 Å². The predicted molar refractivity (Wildman–Crippen MR) is 141 cm³/mol. The molecule has 2 atom stereocenters. The molecule has 5 rings (SSSR count). The maximum absolute atomic E-state index is 15.0. The Labute approximate surface area is 220 Å². The first-order valence-electron chi connectivity index (χ1n) is 11.6. The molecule has 10 nitrogen and oxygen atoms in total. The number of methoxy groups -OCH3 is 1. The number of nitrogens with one attached hydrogen (secondary N) is 1. The highest BCUT2D eigenvalue weighted by molar-refractivity contribution is 7.21. The van der Waals surface area contributed by atoms with Crippen LogP contribution >= 0.6 is 11.3 Å². The van der Waals surface area contributed by atoms with Crippen LogP contribution in [0, 0.1) is 12.7 Å². The standard InChI is InChI=1S/C26H23FN6O4S/c1-13-7-17(24-20(8-13)32-23(35-4)12-28-24)25-33-19-9-18(27)21(10-22(19)38-25)36-14(2)15(3)37-26(34)31-16-5-6-29-30-11-16/h5-12,14-15H,1-4H3,(H,29,31,34)/t14-,15+/m0/s1. The van der Waals surface area contributed by atoms with Crippen molar-refractivity contribution < 1.29 is 23.4 Å². The molecule has 12 heteroatoms. The minimum atomic E-state index is -0.685. The van der Waals surface area contributed by atoms with Crippen LogP contribution in [0.1, 0.15) is 19.4 Å². The van der Waals surface area contributed by atoms with Gasteiger partial charge in [-0.15, -0.1) is 11.3 Å². The van der Waals surface area contributed by atoms with Crippen LogP contribution < -0.4 is 14.8 Å². The van der Waals surface area contributed by atoms with Crippen LogP contribution in [0.3, 0.4) is 0 Å². The summed E-state index contributed by atoms with van der Waals surface area (Å²) in [6, 6.07) is 8.41. The van der Waals surface area contributed by atoms with Gasteiger partial charge in [0.2, 0.25) is 5.88 Å². The topological polar surface area (TPSA) is 121 Å². The fourth-order valence-corrected chi connectivity index (χ4v) is 4.71. The third kappa shape index (κ3) is 5.30. The number of benzene rings is 2. The lowest BCUT2D eigenvalue weighted by Crippen LogP contribution is -2.32. The number of aryl methyl sites for hydroxylation is 1. The Balaban J connectivity index is 1.36.